The average molecular weight is 1360 g/mol. The Morgan fingerprint density at radius 3 is 0.927 bits per heavy atom. The minimum absolute atomic E-state index is 0.0201. The van der Waals surface area contributed by atoms with Crippen molar-refractivity contribution in [2.75, 3.05) is 190 Å². The van der Waals surface area contributed by atoms with Gasteiger partial charge in [0.2, 0.25) is 0 Å². The molecule has 2 unspecified atom stereocenters. The molecule has 96 heavy (non-hydrogen) atoms. The third-order valence-corrected chi connectivity index (χ3v) is 14.4. The number of rotatable bonds is 30. The molecule has 0 amide bonds. The molecule has 0 radical (unpaired) electrons. The standard InChI is InChI=1S/C45H78N4O11.C27H48N4O5/c1-14-54-27-28-55-29-30-56-36-17-15-35(16-18-36)31-37(41(53)60-45(11,12)13)49-25-23-47(33-39(51)58-43(5,6)7)21-19-46(32-38(50)57-42(2,3)4)20-22-48(24-26-49)34-40(52)59-44(8,9)10;1-5-33-18-19-34-20-21-35-24-8-6-23(7-9-24)22-25(26(32)36-27(2,3)4)31-16-14-29-12-10-28-11-13-30-15-17-31/h15-18,37H,14,19-34H2,1-13H3;6-9,25,28-30H,5,10-22H2,1-4H3. The van der Waals surface area contributed by atoms with E-state index >= 15 is 0 Å². The highest BCUT2D eigenvalue weighted by molar-refractivity contribution is 5.77. The van der Waals surface area contributed by atoms with Gasteiger partial charge in [0.05, 0.1) is 59.3 Å². The normalized spacial score (nSPS) is 17.1. The Balaban J connectivity index is 0.000000566. The van der Waals surface area contributed by atoms with E-state index in [1.165, 1.54) is 0 Å². The summed E-state index contributed by atoms with van der Waals surface area (Å²) in [4.78, 5) is 77.4. The zero-order valence-corrected chi connectivity index (χ0v) is 62.0. The van der Waals surface area contributed by atoms with Crippen molar-refractivity contribution in [3.05, 3.63) is 59.7 Å². The van der Waals surface area contributed by atoms with E-state index in [1.807, 2.05) is 181 Å². The first-order valence-corrected chi connectivity index (χ1v) is 34.8. The third kappa shape index (κ3) is 42.0. The van der Waals surface area contributed by atoms with Crippen LogP contribution in [-0.2, 0) is 79.4 Å². The second-order valence-electron chi connectivity index (χ2n) is 29.0. The van der Waals surface area contributed by atoms with E-state index in [-0.39, 0.29) is 55.5 Å². The molecular formula is C72H126N8O16. The molecule has 550 valence electrons. The van der Waals surface area contributed by atoms with Crippen LogP contribution in [0, 0.1) is 0 Å². The summed E-state index contributed by atoms with van der Waals surface area (Å²) in [6.45, 7) is 47.3. The Morgan fingerprint density at radius 1 is 0.354 bits per heavy atom. The van der Waals surface area contributed by atoms with E-state index in [9.17, 15) is 24.0 Å². The van der Waals surface area contributed by atoms with Crippen LogP contribution in [0.25, 0.3) is 0 Å². The molecule has 4 rings (SSSR count). The molecule has 2 saturated heterocycles. The number of esters is 5. The third-order valence-electron chi connectivity index (χ3n) is 14.4. The highest BCUT2D eigenvalue weighted by Crippen LogP contribution is 2.22. The fourth-order valence-electron chi connectivity index (χ4n) is 10.1. The molecule has 2 aromatic rings. The van der Waals surface area contributed by atoms with Gasteiger partial charge in [0.15, 0.2) is 0 Å². The topological polar surface area (TPSA) is 239 Å². The Bertz CT molecular complexity index is 2420. The minimum atomic E-state index is -0.743. The monoisotopic (exact) mass is 1360 g/mol. The number of carbonyl (C=O) groups is 5. The number of hydrogen-bond donors (Lipinski definition) is 3. The molecule has 2 aliphatic heterocycles. The van der Waals surface area contributed by atoms with Crippen LogP contribution in [0.1, 0.15) is 129 Å². The molecule has 24 nitrogen and oxygen atoms in total. The fourth-order valence-corrected chi connectivity index (χ4v) is 10.1. The van der Waals surface area contributed by atoms with Gasteiger partial charge in [-0.2, -0.15) is 0 Å². The van der Waals surface area contributed by atoms with Crippen LogP contribution in [0.2, 0.25) is 0 Å². The van der Waals surface area contributed by atoms with Crippen molar-refractivity contribution in [2.45, 2.75) is 171 Å². The predicted octanol–water partition coefficient (Wildman–Crippen LogP) is 6.07. The fraction of sp³-hybridized carbons (Fsp3) is 0.764. The van der Waals surface area contributed by atoms with Gasteiger partial charge in [-0.05, 0) is 166 Å². The van der Waals surface area contributed by atoms with Crippen molar-refractivity contribution >= 4 is 29.8 Å². The van der Waals surface area contributed by atoms with Crippen LogP contribution in [0.4, 0.5) is 0 Å². The number of carbonyl (C=O) groups excluding carboxylic acids is 5. The van der Waals surface area contributed by atoms with Crippen molar-refractivity contribution in [1.29, 1.82) is 0 Å². The van der Waals surface area contributed by atoms with E-state index in [2.05, 4.69) is 25.8 Å². The van der Waals surface area contributed by atoms with Crippen LogP contribution in [0.3, 0.4) is 0 Å². The summed E-state index contributed by atoms with van der Waals surface area (Å²) >= 11 is 0. The Kier molecular flexibility index (Phi) is 39.8. The first kappa shape index (κ1) is 85.1. The molecule has 0 spiro atoms. The Morgan fingerprint density at radius 2 is 0.625 bits per heavy atom. The molecule has 0 bridgehead atoms. The van der Waals surface area contributed by atoms with Crippen LogP contribution in [-0.4, -0.2) is 285 Å². The Hall–Kier alpha value is -5.09. The summed E-state index contributed by atoms with van der Waals surface area (Å²) in [7, 11) is 0. The maximum absolute atomic E-state index is 14.2. The Labute approximate surface area is 576 Å². The van der Waals surface area contributed by atoms with E-state index in [0.29, 0.717) is 137 Å². The summed E-state index contributed by atoms with van der Waals surface area (Å²) < 4.78 is 62.3. The predicted molar refractivity (Wildman–Crippen MR) is 374 cm³/mol. The molecule has 2 aromatic carbocycles. The molecule has 2 fully saturated rings. The molecule has 0 saturated carbocycles. The van der Waals surface area contributed by atoms with Crippen LogP contribution < -0.4 is 25.4 Å². The maximum atomic E-state index is 14.2. The lowest BCUT2D eigenvalue weighted by atomic mass is 10.0. The first-order valence-electron chi connectivity index (χ1n) is 34.8. The lowest BCUT2D eigenvalue weighted by Crippen LogP contribution is -2.53. The van der Waals surface area contributed by atoms with Gasteiger partial charge in [0, 0.05) is 118 Å². The highest BCUT2D eigenvalue weighted by Gasteiger charge is 2.34. The van der Waals surface area contributed by atoms with E-state index < -0.39 is 34.0 Å². The molecule has 0 aliphatic carbocycles. The summed E-state index contributed by atoms with van der Waals surface area (Å²) in [6.07, 6.45) is 0.925. The molecule has 2 aliphatic rings. The van der Waals surface area contributed by atoms with Crippen LogP contribution >= 0.6 is 0 Å². The number of benzene rings is 2. The van der Waals surface area contributed by atoms with E-state index in [1.54, 1.807) is 0 Å². The van der Waals surface area contributed by atoms with Crippen molar-refractivity contribution in [3.63, 3.8) is 0 Å². The van der Waals surface area contributed by atoms with Crippen molar-refractivity contribution in [2.24, 2.45) is 0 Å². The second kappa shape index (κ2) is 44.8. The van der Waals surface area contributed by atoms with Gasteiger partial charge in [0.25, 0.3) is 0 Å². The number of ether oxygens (including phenoxy) is 11. The SMILES string of the molecule is CCOCCOCCOc1ccc(CC(C(=O)OC(C)(C)C)N2CCN(CC(=O)OC(C)(C)C)CCN(CC(=O)OC(C)(C)C)CCN(CC(=O)OC(C)(C)C)CC2)cc1.CCOCCOCCOc1ccc(CC(C(=O)OC(C)(C)C)N2CCNCCNCCNCC2)cc1. The van der Waals surface area contributed by atoms with Crippen molar-refractivity contribution in [3.8, 4) is 11.5 Å². The highest BCUT2D eigenvalue weighted by atomic mass is 16.6. The summed E-state index contributed by atoms with van der Waals surface area (Å²) in [5.74, 6) is -0.183. The maximum Gasteiger partial charge on any atom is 0.324 e. The molecule has 0 aromatic heterocycles. The van der Waals surface area contributed by atoms with Crippen LogP contribution in [0.5, 0.6) is 11.5 Å². The van der Waals surface area contributed by atoms with Gasteiger partial charge >= 0.3 is 29.8 Å². The van der Waals surface area contributed by atoms with Gasteiger partial charge in [-0.15, -0.1) is 0 Å². The first-order chi connectivity index (χ1) is 45.2. The largest absolute Gasteiger partial charge is 0.491 e. The quantitative estimate of drug-likeness (QED) is 0.0457. The molecule has 3 N–H and O–H groups in total. The van der Waals surface area contributed by atoms with Crippen molar-refractivity contribution < 1.29 is 76.1 Å². The molecular weight excluding hydrogens is 1230 g/mol. The van der Waals surface area contributed by atoms with Gasteiger partial charge in [-0.3, -0.25) is 48.5 Å². The van der Waals surface area contributed by atoms with Gasteiger partial charge in [0.1, 0.15) is 64.8 Å². The number of nitrogens with one attached hydrogen (secondary N) is 3. The summed E-state index contributed by atoms with van der Waals surface area (Å²) in [5.41, 5.74) is -1.29. The van der Waals surface area contributed by atoms with E-state index in [0.717, 1.165) is 69.2 Å². The smallest absolute Gasteiger partial charge is 0.324 e. The lowest BCUT2D eigenvalue weighted by Gasteiger charge is -2.37. The minimum Gasteiger partial charge on any atom is -0.491 e. The number of hydrogen-bond acceptors (Lipinski definition) is 24. The molecule has 24 heteroatoms. The average Bonchev–Trinajstić information content (AvgIpc) is 0.858. The summed E-state index contributed by atoms with van der Waals surface area (Å²) in [6, 6.07) is 14.6. The van der Waals surface area contributed by atoms with E-state index in [4.69, 9.17) is 52.1 Å². The zero-order valence-electron chi connectivity index (χ0n) is 62.0. The lowest BCUT2D eigenvalue weighted by molar-refractivity contribution is -0.163. The van der Waals surface area contributed by atoms with Gasteiger partial charge < -0.3 is 68.1 Å². The van der Waals surface area contributed by atoms with Crippen LogP contribution in [0.15, 0.2) is 48.5 Å². The van der Waals surface area contributed by atoms with Crippen molar-refractivity contribution in [1.82, 2.24) is 40.4 Å². The molecule has 2 atom stereocenters. The molecule has 2 heterocycles. The zero-order chi connectivity index (χ0) is 71.2. The second-order valence-corrected chi connectivity index (χ2v) is 29.0. The van der Waals surface area contributed by atoms with Gasteiger partial charge in [-0.25, -0.2) is 0 Å². The summed E-state index contributed by atoms with van der Waals surface area (Å²) in [5, 5.41) is 10.4. The number of nitrogens with zero attached hydrogens (tertiary/aromatic N) is 5. The van der Waals surface area contributed by atoms with Gasteiger partial charge in [-0.1, -0.05) is 24.3 Å².